The van der Waals surface area contributed by atoms with E-state index >= 15 is 0 Å². The van der Waals surface area contributed by atoms with E-state index in [1.54, 1.807) is 33.8 Å². The van der Waals surface area contributed by atoms with E-state index in [-0.39, 0.29) is 35.9 Å². The topological polar surface area (TPSA) is 106 Å². The van der Waals surface area contributed by atoms with Gasteiger partial charge in [-0.3, -0.25) is 0 Å². The van der Waals surface area contributed by atoms with E-state index in [1.807, 2.05) is 30.3 Å². The highest BCUT2D eigenvalue weighted by Crippen LogP contribution is 2.34. The number of nitriles is 1. The van der Waals surface area contributed by atoms with E-state index in [0.717, 1.165) is 17.7 Å². The lowest BCUT2D eigenvalue weighted by molar-refractivity contribution is 0.0823. The normalized spacial score (nSPS) is 13.6. The number of benzene rings is 3. The second-order valence-electron chi connectivity index (χ2n) is 9.12. The Bertz CT molecular complexity index is 1510. The molecular weight excluding hydrogens is 504 g/mol. The molecule has 198 valence electrons. The molecule has 0 unspecified atom stereocenters. The minimum absolute atomic E-state index is 0.0897. The molecule has 1 aliphatic rings. The van der Waals surface area contributed by atoms with Gasteiger partial charge in [0, 0.05) is 24.7 Å². The molecule has 1 fully saturated rings. The van der Waals surface area contributed by atoms with Crippen LogP contribution in [0, 0.1) is 23.0 Å². The summed E-state index contributed by atoms with van der Waals surface area (Å²) in [7, 11) is 0. The fourth-order valence-corrected chi connectivity index (χ4v) is 4.51. The number of amides is 1. The van der Waals surface area contributed by atoms with Gasteiger partial charge in [-0.1, -0.05) is 30.3 Å². The van der Waals surface area contributed by atoms with Crippen molar-refractivity contribution in [1.82, 2.24) is 14.7 Å². The predicted octanol–water partition coefficient (Wildman–Crippen LogP) is 6.05. The van der Waals surface area contributed by atoms with Gasteiger partial charge in [0.05, 0.1) is 6.04 Å². The molecule has 1 aliphatic heterocycles. The van der Waals surface area contributed by atoms with Gasteiger partial charge in [0.25, 0.3) is 0 Å². The number of nitrogens with two attached hydrogens (primary N) is 1. The molecule has 2 N–H and O–H groups in total. The number of nitrogen functional groups attached to an aromatic ring is 1. The van der Waals surface area contributed by atoms with Crippen molar-refractivity contribution in [2.24, 2.45) is 0 Å². The molecule has 0 aliphatic carbocycles. The van der Waals surface area contributed by atoms with Gasteiger partial charge in [0.15, 0.2) is 11.6 Å². The molecule has 10 heteroatoms. The summed E-state index contributed by atoms with van der Waals surface area (Å²) >= 11 is 0. The zero-order valence-corrected chi connectivity index (χ0v) is 20.9. The molecule has 8 nitrogen and oxygen atoms in total. The van der Waals surface area contributed by atoms with Gasteiger partial charge < -0.3 is 20.1 Å². The van der Waals surface area contributed by atoms with Crippen molar-refractivity contribution in [3.05, 3.63) is 95.6 Å². The molecule has 4 aromatic rings. The maximum Gasteiger partial charge on any atom is 0.410 e. The Balaban J connectivity index is 1.25. The minimum atomic E-state index is -0.812. The van der Waals surface area contributed by atoms with Crippen LogP contribution < -0.4 is 10.5 Å². The minimum Gasteiger partial charge on any atom is -0.454 e. The zero-order chi connectivity index (χ0) is 27.4. The first-order chi connectivity index (χ1) is 18.9. The first-order valence-corrected chi connectivity index (χ1v) is 12.4. The number of hydrogen-bond acceptors (Lipinski definition) is 6. The molecule has 1 aromatic heterocycles. The van der Waals surface area contributed by atoms with E-state index in [9.17, 15) is 18.8 Å². The summed E-state index contributed by atoms with van der Waals surface area (Å²) < 4.78 is 39.7. The quantitative estimate of drug-likeness (QED) is 0.326. The molecule has 0 atom stereocenters. The zero-order valence-electron chi connectivity index (χ0n) is 20.9. The number of piperidine rings is 1. The number of hydrogen-bond donors (Lipinski definition) is 1. The number of aromatic nitrogens is 2. The Kier molecular flexibility index (Phi) is 7.41. The molecule has 1 saturated heterocycles. The smallest absolute Gasteiger partial charge is 0.410 e. The van der Waals surface area contributed by atoms with E-state index in [4.69, 9.17) is 15.2 Å². The van der Waals surface area contributed by atoms with Crippen molar-refractivity contribution in [3.63, 3.8) is 0 Å². The lowest BCUT2D eigenvalue weighted by atomic mass is 10.1. The second kappa shape index (κ2) is 11.2. The number of ether oxygens (including phenoxy) is 2. The summed E-state index contributed by atoms with van der Waals surface area (Å²) in [4.78, 5) is 14.2. The molecule has 0 spiro atoms. The van der Waals surface area contributed by atoms with E-state index in [2.05, 4.69) is 11.2 Å². The van der Waals surface area contributed by atoms with Crippen molar-refractivity contribution in [3.8, 4) is 28.8 Å². The lowest BCUT2D eigenvalue weighted by Gasteiger charge is -2.31. The number of halogens is 2. The Labute approximate surface area is 223 Å². The number of anilines is 1. The predicted molar refractivity (Wildman–Crippen MR) is 140 cm³/mol. The van der Waals surface area contributed by atoms with Gasteiger partial charge in [-0.15, -0.1) is 0 Å². The maximum absolute atomic E-state index is 13.9. The average molecular weight is 530 g/mol. The molecule has 2 heterocycles. The average Bonchev–Trinajstić information content (AvgIpc) is 3.30. The highest BCUT2D eigenvalue weighted by Gasteiger charge is 2.28. The van der Waals surface area contributed by atoms with Crippen molar-refractivity contribution < 1.29 is 23.0 Å². The summed E-state index contributed by atoms with van der Waals surface area (Å²) in [6, 6.07) is 21.2. The summed E-state index contributed by atoms with van der Waals surface area (Å²) in [6.07, 6.45) is 0.839. The molecule has 1 amide bonds. The van der Waals surface area contributed by atoms with Crippen LogP contribution in [0.2, 0.25) is 0 Å². The Morgan fingerprint density at radius 1 is 1.05 bits per heavy atom. The maximum atomic E-state index is 13.9. The van der Waals surface area contributed by atoms with E-state index < -0.39 is 11.6 Å². The molecule has 0 bridgehead atoms. The first kappa shape index (κ1) is 25.7. The number of rotatable bonds is 6. The van der Waals surface area contributed by atoms with Crippen LogP contribution in [-0.2, 0) is 11.3 Å². The van der Waals surface area contributed by atoms with Gasteiger partial charge in [-0.2, -0.15) is 10.4 Å². The molecule has 0 saturated carbocycles. The Morgan fingerprint density at radius 3 is 2.44 bits per heavy atom. The monoisotopic (exact) mass is 529 g/mol. The summed E-state index contributed by atoms with van der Waals surface area (Å²) in [5.41, 5.74) is 8.54. The largest absolute Gasteiger partial charge is 0.454 e. The number of likely N-dealkylation sites (tertiary alicyclic amines) is 1. The number of carbonyl (C=O) groups is 1. The molecule has 5 rings (SSSR count). The van der Waals surface area contributed by atoms with Crippen molar-refractivity contribution in [2.75, 3.05) is 18.8 Å². The lowest BCUT2D eigenvalue weighted by Crippen LogP contribution is -2.39. The van der Waals surface area contributed by atoms with Crippen molar-refractivity contribution >= 4 is 11.9 Å². The summed E-state index contributed by atoms with van der Waals surface area (Å²) in [5, 5.41) is 14.4. The highest BCUT2D eigenvalue weighted by molar-refractivity contribution is 5.73. The molecular formula is C29H25F2N5O3. The van der Waals surface area contributed by atoms with Crippen molar-refractivity contribution in [1.29, 1.82) is 5.26 Å². The molecule has 39 heavy (non-hydrogen) atoms. The SMILES string of the molecule is N#Cc1c(-c2ccc(Oc3ccc(F)cc3F)cc2)nn(C2CCN(C(=O)OCc3ccccc3)CC2)c1N. The van der Waals surface area contributed by atoms with Crippen LogP contribution in [0.4, 0.5) is 19.4 Å². The second-order valence-corrected chi connectivity index (χ2v) is 9.12. The molecule has 3 aromatic carbocycles. The Morgan fingerprint density at radius 2 is 1.77 bits per heavy atom. The third-order valence-corrected chi connectivity index (χ3v) is 6.58. The Hall–Kier alpha value is -4.91. The van der Waals surface area contributed by atoms with Crippen LogP contribution >= 0.6 is 0 Å². The van der Waals surface area contributed by atoms with Gasteiger partial charge in [-0.05, 0) is 54.8 Å². The fraction of sp³-hybridized carbons (Fsp3) is 0.207. The number of carbonyl (C=O) groups excluding carboxylic acids is 1. The van der Waals surface area contributed by atoms with Crippen LogP contribution in [0.25, 0.3) is 11.3 Å². The van der Waals surface area contributed by atoms with Gasteiger partial charge in [0.1, 0.15) is 41.3 Å². The number of nitrogens with zero attached hydrogens (tertiary/aromatic N) is 4. The first-order valence-electron chi connectivity index (χ1n) is 12.4. The van der Waals surface area contributed by atoms with Gasteiger partial charge in [-0.25, -0.2) is 18.3 Å². The van der Waals surface area contributed by atoms with Crippen LogP contribution in [-0.4, -0.2) is 33.9 Å². The third kappa shape index (κ3) is 5.67. The standard InChI is InChI=1S/C29H25F2N5O3/c30-21-8-11-26(25(31)16-21)39-23-9-6-20(7-10-23)27-24(17-32)28(33)36(34-27)22-12-14-35(15-13-22)29(37)38-18-19-4-2-1-3-5-19/h1-11,16,22H,12-15,18,33H2. The highest BCUT2D eigenvalue weighted by atomic mass is 19.1. The van der Waals surface area contributed by atoms with Gasteiger partial charge >= 0.3 is 6.09 Å². The van der Waals surface area contributed by atoms with Crippen LogP contribution in [0.15, 0.2) is 72.8 Å². The summed E-state index contributed by atoms with van der Waals surface area (Å²) in [6.45, 7) is 1.16. The van der Waals surface area contributed by atoms with Crippen molar-refractivity contribution in [2.45, 2.75) is 25.5 Å². The fourth-order valence-electron chi connectivity index (χ4n) is 4.51. The van der Waals surface area contributed by atoms with E-state index in [1.165, 1.54) is 6.07 Å². The third-order valence-electron chi connectivity index (χ3n) is 6.58. The van der Waals surface area contributed by atoms with Crippen LogP contribution in [0.1, 0.15) is 30.0 Å². The van der Waals surface area contributed by atoms with Gasteiger partial charge in [0.2, 0.25) is 0 Å². The van der Waals surface area contributed by atoms with E-state index in [0.29, 0.717) is 42.9 Å². The van der Waals surface area contributed by atoms with Crippen LogP contribution in [0.5, 0.6) is 11.5 Å². The van der Waals surface area contributed by atoms with Crippen LogP contribution in [0.3, 0.4) is 0 Å². The molecule has 0 radical (unpaired) electrons. The summed E-state index contributed by atoms with van der Waals surface area (Å²) in [5.74, 6) is -1.02.